The maximum absolute atomic E-state index is 15.0. The Hall–Kier alpha value is -2.83. The molecule has 1 saturated heterocycles. The zero-order valence-corrected chi connectivity index (χ0v) is 22.3. The lowest BCUT2D eigenvalue weighted by molar-refractivity contribution is -0.204. The average Bonchev–Trinajstić information content (AvgIpc) is 2.94. The fraction of sp³-hybridized carbons (Fsp3) is 0.438. The van der Waals surface area contributed by atoms with Crippen LogP contribution in [0.25, 0.3) is 22.3 Å². The first-order valence-corrected chi connectivity index (χ1v) is 13.7. The van der Waals surface area contributed by atoms with Crippen LogP contribution in [-0.2, 0) is 15.9 Å². The molecule has 204 valence electrons. The molecule has 0 N–H and O–H groups in total. The number of benzene rings is 3. The minimum absolute atomic E-state index is 0.0869. The fourth-order valence-electron chi connectivity index (χ4n) is 4.82. The van der Waals surface area contributed by atoms with Crippen LogP contribution < -0.4 is 4.74 Å². The van der Waals surface area contributed by atoms with Gasteiger partial charge in [0.25, 0.3) is 0 Å². The maximum Gasteiger partial charge on any atom is 0.201 e. The molecule has 0 bridgehead atoms. The molecule has 0 saturated carbocycles. The van der Waals surface area contributed by atoms with Crippen molar-refractivity contribution in [3.05, 3.63) is 77.6 Å². The van der Waals surface area contributed by atoms with Gasteiger partial charge in [-0.05, 0) is 67.5 Å². The summed E-state index contributed by atoms with van der Waals surface area (Å²) in [4.78, 5) is 0. The highest BCUT2D eigenvalue weighted by Gasteiger charge is 2.22. The van der Waals surface area contributed by atoms with Crippen molar-refractivity contribution in [2.75, 3.05) is 19.8 Å². The minimum atomic E-state index is -1.01. The van der Waals surface area contributed by atoms with E-state index < -0.39 is 11.6 Å². The maximum atomic E-state index is 15.0. The van der Waals surface area contributed by atoms with Gasteiger partial charge in [0.05, 0.1) is 19.8 Å². The second-order valence-corrected chi connectivity index (χ2v) is 9.91. The molecule has 1 heterocycles. The molecule has 38 heavy (non-hydrogen) atoms. The second kappa shape index (κ2) is 13.8. The van der Waals surface area contributed by atoms with E-state index in [2.05, 4.69) is 6.92 Å². The van der Waals surface area contributed by atoms with Crippen molar-refractivity contribution >= 4 is 0 Å². The van der Waals surface area contributed by atoms with Gasteiger partial charge in [0.1, 0.15) is 5.82 Å². The van der Waals surface area contributed by atoms with Crippen LogP contribution in [0.5, 0.6) is 5.75 Å². The van der Waals surface area contributed by atoms with Crippen LogP contribution in [0.3, 0.4) is 0 Å². The highest BCUT2D eigenvalue weighted by atomic mass is 19.2. The molecule has 0 aliphatic carbocycles. The van der Waals surface area contributed by atoms with Crippen molar-refractivity contribution in [2.24, 2.45) is 5.92 Å². The highest BCUT2D eigenvalue weighted by Crippen LogP contribution is 2.32. The Balaban J connectivity index is 1.32. The fourth-order valence-corrected chi connectivity index (χ4v) is 4.82. The SMILES string of the molecule is CCCCCCC1OCC(CCc2ccc(-c3ccc(-c4ccc(OCC)c(F)c4F)cc3)c(F)c2)CO1. The molecule has 6 heteroatoms. The predicted octanol–water partition coefficient (Wildman–Crippen LogP) is 8.73. The molecular formula is C32H37F3O3. The van der Waals surface area contributed by atoms with E-state index in [0.29, 0.717) is 35.8 Å². The van der Waals surface area contributed by atoms with E-state index in [-0.39, 0.29) is 30.0 Å². The molecule has 0 aromatic heterocycles. The van der Waals surface area contributed by atoms with Gasteiger partial charge in [-0.15, -0.1) is 0 Å². The Labute approximate surface area is 223 Å². The van der Waals surface area contributed by atoms with Gasteiger partial charge in [-0.2, -0.15) is 4.39 Å². The summed E-state index contributed by atoms with van der Waals surface area (Å²) >= 11 is 0. The summed E-state index contributed by atoms with van der Waals surface area (Å²) in [6.07, 6.45) is 7.31. The van der Waals surface area contributed by atoms with Crippen molar-refractivity contribution in [1.82, 2.24) is 0 Å². The van der Waals surface area contributed by atoms with Crippen molar-refractivity contribution in [3.8, 4) is 28.0 Å². The molecule has 4 rings (SSSR count). The molecule has 0 radical (unpaired) electrons. The van der Waals surface area contributed by atoms with Crippen LogP contribution in [0.1, 0.15) is 57.9 Å². The molecule has 1 fully saturated rings. The standard InChI is InChI=1S/C32H37F3O3/c1-3-5-6-7-8-30-37-20-23(21-38-30)10-9-22-11-16-26(28(33)19-22)24-12-14-25(15-13-24)27-17-18-29(36-4-2)32(35)31(27)34/h11-19,23,30H,3-10,20-21H2,1-2H3. The van der Waals surface area contributed by atoms with Gasteiger partial charge in [-0.3, -0.25) is 0 Å². The number of unbranched alkanes of at least 4 members (excludes halogenated alkanes) is 3. The van der Waals surface area contributed by atoms with Gasteiger partial charge < -0.3 is 14.2 Å². The van der Waals surface area contributed by atoms with E-state index in [4.69, 9.17) is 14.2 Å². The number of hydrogen-bond acceptors (Lipinski definition) is 3. The van der Waals surface area contributed by atoms with Crippen LogP contribution in [0.4, 0.5) is 13.2 Å². The Morgan fingerprint density at radius 3 is 2.11 bits per heavy atom. The summed E-state index contributed by atoms with van der Waals surface area (Å²) in [6.45, 7) is 5.53. The molecular weight excluding hydrogens is 489 g/mol. The Morgan fingerprint density at radius 1 is 0.763 bits per heavy atom. The van der Waals surface area contributed by atoms with E-state index >= 15 is 4.39 Å². The Kier molecular flexibility index (Phi) is 10.2. The van der Waals surface area contributed by atoms with Crippen LogP contribution in [0.2, 0.25) is 0 Å². The summed E-state index contributed by atoms with van der Waals surface area (Å²) in [5, 5.41) is 0. The molecule has 1 aliphatic heterocycles. The summed E-state index contributed by atoms with van der Waals surface area (Å²) in [6, 6.07) is 15.0. The summed E-state index contributed by atoms with van der Waals surface area (Å²) in [5.41, 5.74) is 2.70. The monoisotopic (exact) mass is 526 g/mol. The van der Waals surface area contributed by atoms with Gasteiger partial charge in [0, 0.05) is 17.0 Å². The van der Waals surface area contributed by atoms with Crippen LogP contribution >= 0.6 is 0 Å². The number of rotatable bonds is 12. The topological polar surface area (TPSA) is 27.7 Å². The van der Waals surface area contributed by atoms with Crippen molar-refractivity contribution in [3.63, 3.8) is 0 Å². The van der Waals surface area contributed by atoms with Crippen molar-refractivity contribution in [2.45, 2.75) is 65.1 Å². The van der Waals surface area contributed by atoms with Gasteiger partial charge in [-0.25, -0.2) is 8.78 Å². The summed E-state index contributed by atoms with van der Waals surface area (Å²) in [5.74, 6) is -2.08. The number of ether oxygens (including phenoxy) is 3. The second-order valence-electron chi connectivity index (χ2n) is 9.91. The zero-order chi connectivity index (χ0) is 26.9. The van der Waals surface area contributed by atoms with E-state index in [1.807, 2.05) is 6.07 Å². The van der Waals surface area contributed by atoms with Crippen LogP contribution in [0, 0.1) is 23.4 Å². The number of hydrogen-bond donors (Lipinski definition) is 0. The molecule has 3 nitrogen and oxygen atoms in total. The van der Waals surface area contributed by atoms with Crippen molar-refractivity contribution < 1.29 is 27.4 Å². The van der Waals surface area contributed by atoms with E-state index in [1.165, 1.54) is 31.4 Å². The molecule has 3 aromatic rings. The number of halogens is 3. The normalized spacial score (nSPS) is 17.5. The summed E-state index contributed by atoms with van der Waals surface area (Å²) < 4.78 is 60.7. The lowest BCUT2D eigenvalue weighted by Gasteiger charge is -2.29. The Morgan fingerprint density at radius 2 is 1.45 bits per heavy atom. The van der Waals surface area contributed by atoms with E-state index in [0.717, 1.165) is 31.2 Å². The molecule has 3 aromatic carbocycles. The Bertz CT molecular complexity index is 1170. The van der Waals surface area contributed by atoms with Gasteiger partial charge in [0.2, 0.25) is 5.82 Å². The molecule has 0 atom stereocenters. The van der Waals surface area contributed by atoms with Gasteiger partial charge in [0.15, 0.2) is 17.9 Å². The molecule has 0 spiro atoms. The summed E-state index contributed by atoms with van der Waals surface area (Å²) in [7, 11) is 0. The van der Waals surface area contributed by atoms with Crippen LogP contribution in [0.15, 0.2) is 54.6 Å². The van der Waals surface area contributed by atoms with Crippen molar-refractivity contribution in [1.29, 1.82) is 0 Å². The highest BCUT2D eigenvalue weighted by molar-refractivity contribution is 5.71. The molecule has 1 aliphatic rings. The first-order chi connectivity index (χ1) is 18.5. The minimum Gasteiger partial charge on any atom is -0.491 e. The molecule has 0 unspecified atom stereocenters. The third-order valence-electron chi connectivity index (χ3n) is 7.06. The lowest BCUT2D eigenvalue weighted by atomic mass is 9.96. The van der Waals surface area contributed by atoms with E-state index in [9.17, 15) is 8.78 Å². The van der Waals surface area contributed by atoms with Gasteiger partial charge in [-0.1, -0.05) is 62.6 Å². The zero-order valence-electron chi connectivity index (χ0n) is 22.3. The third-order valence-corrected chi connectivity index (χ3v) is 7.06. The first kappa shape index (κ1) is 28.2. The average molecular weight is 527 g/mol. The third kappa shape index (κ3) is 7.17. The first-order valence-electron chi connectivity index (χ1n) is 13.7. The molecule has 0 amide bonds. The lowest BCUT2D eigenvalue weighted by Crippen LogP contribution is -2.32. The van der Waals surface area contributed by atoms with Crippen LogP contribution in [-0.4, -0.2) is 26.1 Å². The smallest absolute Gasteiger partial charge is 0.201 e. The van der Waals surface area contributed by atoms with E-state index in [1.54, 1.807) is 43.3 Å². The quantitative estimate of drug-likeness (QED) is 0.221. The predicted molar refractivity (Wildman–Crippen MR) is 145 cm³/mol. The number of aryl methyl sites for hydroxylation is 1. The van der Waals surface area contributed by atoms with Gasteiger partial charge >= 0.3 is 0 Å². The largest absolute Gasteiger partial charge is 0.491 e.